The van der Waals surface area contributed by atoms with Crippen LogP contribution in [0.4, 0.5) is 17.1 Å². The van der Waals surface area contributed by atoms with Crippen molar-refractivity contribution in [1.29, 1.82) is 0 Å². The molecule has 0 saturated carbocycles. The number of benzene rings is 2. The lowest BCUT2D eigenvalue weighted by Crippen LogP contribution is -2.46. The van der Waals surface area contributed by atoms with E-state index >= 15 is 0 Å². The fourth-order valence-corrected chi connectivity index (χ4v) is 2.99. The van der Waals surface area contributed by atoms with Crippen LogP contribution < -0.4 is 9.80 Å². The van der Waals surface area contributed by atoms with Gasteiger partial charge in [-0.3, -0.25) is 10.1 Å². The third-order valence-corrected chi connectivity index (χ3v) is 4.15. The molecule has 1 aliphatic rings. The molecule has 0 unspecified atom stereocenters. The normalized spacial score (nSPS) is 15.0. The minimum Gasteiger partial charge on any atom is -0.368 e. The van der Waals surface area contributed by atoms with Crippen LogP contribution in [0.25, 0.3) is 0 Å². The highest BCUT2D eigenvalue weighted by atomic mass is 16.6. The van der Waals surface area contributed by atoms with Gasteiger partial charge in [-0.2, -0.15) is 0 Å². The number of hydrogen-bond donors (Lipinski definition) is 0. The van der Waals surface area contributed by atoms with Crippen LogP contribution in [0.5, 0.6) is 0 Å². The number of hydrogen-bond acceptors (Lipinski definition) is 4. The molecule has 2 aromatic rings. The van der Waals surface area contributed by atoms with Crippen LogP contribution >= 0.6 is 0 Å². The number of para-hydroxylation sites is 3. The molecule has 3 rings (SSSR count). The first-order valence-electron chi connectivity index (χ1n) is 7.46. The number of nitro groups is 1. The molecule has 0 aromatic heterocycles. The lowest BCUT2D eigenvalue weighted by molar-refractivity contribution is -0.384. The maximum Gasteiger partial charge on any atom is 0.292 e. The smallest absolute Gasteiger partial charge is 0.292 e. The Labute approximate surface area is 129 Å². The minimum absolute atomic E-state index is 0.187. The highest BCUT2D eigenvalue weighted by molar-refractivity contribution is 5.64. The van der Waals surface area contributed by atoms with E-state index in [1.165, 1.54) is 11.3 Å². The highest BCUT2D eigenvalue weighted by Crippen LogP contribution is 2.29. The van der Waals surface area contributed by atoms with Crippen molar-refractivity contribution >= 4 is 17.1 Å². The predicted octanol–water partition coefficient (Wildman–Crippen LogP) is 3.23. The molecule has 1 heterocycles. The van der Waals surface area contributed by atoms with Gasteiger partial charge in [0.2, 0.25) is 0 Å². The predicted molar refractivity (Wildman–Crippen MR) is 88.7 cm³/mol. The fourth-order valence-electron chi connectivity index (χ4n) is 2.99. The van der Waals surface area contributed by atoms with Crippen LogP contribution in [0.2, 0.25) is 0 Å². The summed E-state index contributed by atoms with van der Waals surface area (Å²) in [4.78, 5) is 15.3. The first kappa shape index (κ1) is 14.4. The second kappa shape index (κ2) is 6.05. The van der Waals surface area contributed by atoms with E-state index in [1.807, 2.05) is 18.2 Å². The van der Waals surface area contributed by atoms with Crippen molar-refractivity contribution in [3.8, 4) is 0 Å². The molecule has 2 aromatic carbocycles. The van der Waals surface area contributed by atoms with E-state index in [9.17, 15) is 10.1 Å². The van der Waals surface area contributed by atoms with Crippen molar-refractivity contribution in [2.45, 2.75) is 6.92 Å². The molecule has 114 valence electrons. The topological polar surface area (TPSA) is 49.6 Å². The zero-order valence-electron chi connectivity index (χ0n) is 12.6. The summed E-state index contributed by atoms with van der Waals surface area (Å²) < 4.78 is 0. The maximum absolute atomic E-state index is 11.2. The summed E-state index contributed by atoms with van der Waals surface area (Å²) in [5, 5.41) is 11.2. The third-order valence-electron chi connectivity index (χ3n) is 4.15. The molecule has 0 aliphatic carbocycles. The zero-order valence-corrected chi connectivity index (χ0v) is 12.6. The van der Waals surface area contributed by atoms with E-state index in [1.54, 1.807) is 12.1 Å². The summed E-state index contributed by atoms with van der Waals surface area (Å²) >= 11 is 0. The first-order chi connectivity index (χ1) is 10.7. The van der Waals surface area contributed by atoms with Crippen molar-refractivity contribution in [3.63, 3.8) is 0 Å². The van der Waals surface area contributed by atoms with Gasteiger partial charge in [-0.25, -0.2) is 0 Å². The molecule has 5 nitrogen and oxygen atoms in total. The summed E-state index contributed by atoms with van der Waals surface area (Å²) in [5.41, 5.74) is 3.43. The number of rotatable bonds is 3. The van der Waals surface area contributed by atoms with E-state index < -0.39 is 0 Å². The van der Waals surface area contributed by atoms with Crippen LogP contribution in [0.3, 0.4) is 0 Å². The molecule has 5 heteroatoms. The van der Waals surface area contributed by atoms with E-state index in [0.29, 0.717) is 0 Å². The van der Waals surface area contributed by atoms with Gasteiger partial charge in [0.05, 0.1) is 4.92 Å². The number of nitro benzene ring substituents is 1. The molecule has 0 spiro atoms. The van der Waals surface area contributed by atoms with Crippen molar-refractivity contribution in [3.05, 3.63) is 64.2 Å². The molecule has 1 fully saturated rings. The van der Waals surface area contributed by atoms with Gasteiger partial charge in [0.25, 0.3) is 5.69 Å². The molecule has 0 atom stereocenters. The Morgan fingerprint density at radius 2 is 1.36 bits per heavy atom. The third kappa shape index (κ3) is 2.74. The van der Waals surface area contributed by atoms with Crippen LogP contribution in [0.15, 0.2) is 48.5 Å². The van der Waals surface area contributed by atoms with Gasteiger partial charge in [-0.05, 0) is 24.6 Å². The highest BCUT2D eigenvalue weighted by Gasteiger charge is 2.23. The molecular formula is C17H19N3O2. The summed E-state index contributed by atoms with van der Waals surface area (Å²) in [5.74, 6) is 0. The molecule has 1 aliphatic heterocycles. The number of anilines is 2. The average Bonchev–Trinajstić information content (AvgIpc) is 2.55. The second-order valence-corrected chi connectivity index (χ2v) is 5.51. The van der Waals surface area contributed by atoms with Gasteiger partial charge in [-0.15, -0.1) is 0 Å². The summed E-state index contributed by atoms with van der Waals surface area (Å²) in [7, 11) is 0. The number of aryl methyl sites for hydroxylation is 1. The first-order valence-corrected chi connectivity index (χ1v) is 7.46. The van der Waals surface area contributed by atoms with Crippen LogP contribution in [-0.2, 0) is 0 Å². The summed E-state index contributed by atoms with van der Waals surface area (Å²) in [6.07, 6.45) is 0. The van der Waals surface area contributed by atoms with Gasteiger partial charge in [-0.1, -0.05) is 30.3 Å². The zero-order chi connectivity index (χ0) is 15.5. The Morgan fingerprint density at radius 1 is 0.864 bits per heavy atom. The second-order valence-electron chi connectivity index (χ2n) is 5.51. The maximum atomic E-state index is 11.2. The van der Waals surface area contributed by atoms with Crippen molar-refractivity contribution in [2.75, 3.05) is 36.0 Å². The Morgan fingerprint density at radius 3 is 1.95 bits per heavy atom. The standard InChI is InChI=1S/C17H19N3O2/c1-14-6-2-3-7-15(14)18-10-12-19(13-11-18)16-8-4-5-9-17(16)20(21)22/h2-9H,10-13H2,1H3. The van der Waals surface area contributed by atoms with E-state index in [0.717, 1.165) is 31.9 Å². The number of piperazine rings is 1. The molecule has 0 amide bonds. The lowest BCUT2D eigenvalue weighted by Gasteiger charge is -2.37. The van der Waals surface area contributed by atoms with Gasteiger partial charge in [0.1, 0.15) is 5.69 Å². The summed E-state index contributed by atoms with van der Waals surface area (Å²) in [6, 6.07) is 15.3. The lowest BCUT2D eigenvalue weighted by atomic mass is 10.1. The fraction of sp³-hybridized carbons (Fsp3) is 0.294. The van der Waals surface area contributed by atoms with Gasteiger partial charge < -0.3 is 9.80 Å². The van der Waals surface area contributed by atoms with E-state index in [2.05, 4.69) is 34.9 Å². The Kier molecular flexibility index (Phi) is 3.96. The Balaban J connectivity index is 1.75. The summed E-state index contributed by atoms with van der Waals surface area (Å²) in [6.45, 7) is 5.44. The van der Waals surface area contributed by atoms with E-state index in [-0.39, 0.29) is 10.6 Å². The minimum atomic E-state index is -0.303. The van der Waals surface area contributed by atoms with Crippen LogP contribution in [0.1, 0.15) is 5.56 Å². The molecule has 0 bridgehead atoms. The molecule has 0 N–H and O–H groups in total. The SMILES string of the molecule is Cc1ccccc1N1CCN(c2ccccc2[N+](=O)[O-])CC1. The van der Waals surface area contributed by atoms with Crippen molar-refractivity contribution in [2.24, 2.45) is 0 Å². The van der Waals surface area contributed by atoms with Crippen molar-refractivity contribution < 1.29 is 4.92 Å². The van der Waals surface area contributed by atoms with Gasteiger partial charge in [0, 0.05) is 37.9 Å². The molecule has 0 radical (unpaired) electrons. The van der Waals surface area contributed by atoms with Crippen LogP contribution in [-0.4, -0.2) is 31.1 Å². The quantitative estimate of drug-likeness (QED) is 0.644. The molecular weight excluding hydrogens is 278 g/mol. The van der Waals surface area contributed by atoms with Crippen molar-refractivity contribution in [1.82, 2.24) is 0 Å². The number of nitrogens with zero attached hydrogens (tertiary/aromatic N) is 3. The van der Waals surface area contributed by atoms with Gasteiger partial charge in [0.15, 0.2) is 0 Å². The van der Waals surface area contributed by atoms with Crippen LogP contribution in [0, 0.1) is 17.0 Å². The van der Waals surface area contributed by atoms with Gasteiger partial charge >= 0.3 is 0 Å². The molecule has 1 saturated heterocycles. The average molecular weight is 297 g/mol. The molecule has 22 heavy (non-hydrogen) atoms. The Hall–Kier alpha value is -2.56. The largest absolute Gasteiger partial charge is 0.368 e. The Bertz CT molecular complexity index is 679. The monoisotopic (exact) mass is 297 g/mol. The van der Waals surface area contributed by atoms with E-state index in [4.69, 9.17) is 0 Å².